The Morgan fingerprint density at radius 1 is 0.750 bits per heavy atom. The fourth-order valence-corrected chi connectivity index (χ4v) is 2.63. The van der Waals surface area contributed by atoms with Crippen molar-refractivity contribution in [3.63, 3.8) is 0 Å². The van der Waals surface area contributed by atoms with Gasteiger partial charge in [0.25, 0.3) is 0 Å². The molecule has 0 rings (SSSR count). The van der Waals surface area contributed by atoms with E-state index in [1.54, 1.807) is 0 Å². The van der Waals surface area contributed by atoms with Gasteiger partial charge >= 0.3 is 0 Å². The molecule has 24 heavy (non-hydrogen) atoms. The summed E-state index contributed by atoms with van der Waals surface area (Å²) in [6.45, 7) is 2.53. The maximum atomic E-state index is 8.97. The smallest absolute Gasteiger partial charge is 0.152 e. The lowest BCUT2D eigenvalue weighted by atomic mass is 10.1. The summed E-state index contributed by atoms with van der Waals surface area (Å²) in [5.74, 6) is -0.112. The van der Waals surface area contributed by atoms with Crippen molar-refractivity contribution in [3.05, 3.63) is 24.2 Å². The lowest BCUT2D eigenvalue weighted by Gasteiger charge is -2.02. The van der Waals surface area contributed by atoms with Crippen molar-refractivity contribution >= 4 is 0 Å². The van der Waals surface area contributed by atoms with E-state index in [9.17, 15) is 0 Å². The first kappa shape index (κ1) is 23.0. The van der Waals surface area contributed by atoms with Gasteiger partial charge in [-0.1, -0.05) is 76.9 Å². The van der Waals surface area contributed by atoms with Gasteiger partial charge in [-0.2, -0.15) is 0 Å². The van der Waals surface area contributed by atoms with Crippen molar-refractivity contribution < 1.29 is 14.9 Å². The highest BCUT2D eigenvalue weighted by molar-refractivity contribution is 4.83. The first-order valence-corrected chi connectivity index (χ1v) is 10.1. The number of aliphatic hydroxyl groups is 2. The van der Waals surface area contributed by atoms with E-state index in [-0.39, 0.29) is 12.4 Å². The zero-order valence-corrected chi connectivity index (χ0v) is 15.8. The lowest BCUT2D eigenvalue weighted by Crippen LogP contribution is -1.93. The second kappa shape index (κ2) is 20.1. The van der Waals surface area contributed by atoms with Crippen molar-refractivity contribution in [2.45, 2.75) is 96.8 Å². The highest BCUT2D eigenvalue weighted by Crippen LogP contribution is 2.10. The standard InChI is InChI=1S/C21H40O3/c1-2-3-4-5-6-7-8-9-10-11-12-13-14-15-16-17-18-24-20-21(23)19-22/h9-10,20,22-23H,2-8,11-19H2,1H3/b10-9-,21-20-. The van der Waals surface area contributed by atoms with E-state index >= 15 is 0 Å². The van der Waals surface area contributed by atoms with E-state index in [1.807, 2.05) is 0 Å². The fourth-order valence-electron chi connectivity index (χ4n) is 2.63. The van der Waals surface area contributed by atoms with Crippen molar-refractivity contribution in [2.75, 3.05) is 13.2 Å². The Kier molecular flexibility index (Phi) is 19.3. The SMILES string of the molecule is CCCCCCCC/C=C\CCCCCCCCO/C=C(\O)CO. The molecule has 0 amide bonds. The Hall–Kier alpha value is -0.960. The molecular formula is C21H40O3. The molecule has 0 heterocycles. The molecular weight excluding hydrogens is 300 g/mol. The Labute approximate surface area is 149 Å². The summed E-state index contributed by atoms with van der Waals surface area (Å²) in [5, 5.41) is 17.5. The van der Waals surface area contributed by atoms with Crippen LogP contribution >= 0.6 is 0 Å². The van der Waals surface area contributed by atoms with Gasteiger partial charge in [0, 0.05) is 0 Å². The van der Waals surface area contributed by atoms with Crippen molar-refractivity contribution in [1.82, 2.24) is 0 Å². The molecule has 0 aliphatic rings. The Bertz CT molecular complexity index is 297. The third-order valence-electron chi connectivity index (χ3n) is 4.16. The quantitative estimate of drug-likeness (QED) is 0.172. The van der Waals surface area contributed by atoms with Gasteiger partial charge in [-0.05, 0) is 32.1 Å². The minimum absolute atomic E-state index is 0.112. The molecule has 2 N–H and O–H groups in total. The van der Waals surface area contributed by atoms with Gasteiger partial charge in [-0.3, -0.25) is 0 Å². The summed E-state index contributed by atoms with van der Waals surface area (Å²) in [6, 6.07) is 0. The summed E-state index contributed by atoms with van der Waals surface area (Å²) >= 11 is 0. The van der Waals surface area contributed by atoms with Crippen LogP contribution in [0.3, 0.4) is 0 Å². The molecule has 0 saturated heterocycles. The molecule has 0 aliphatic heterocycles. The lowest BCUT2D eigenvalue weighted by molar-refractivity contribution is 0.195. The van der Waals surface area contributed by atoms with E-state index in [1.165, 1.54) is 89.7 Å². The average Bonchev–Trinajstić information content (AvgIpc) is 2.60. The molecule has 3 nitrogen and oxygen atoms in total. The van der Waals surface area contributed by atoms with Gasteiger partial charge in [0.05, 0.1) is 6.61 Å². The molecule has 0 aromatic rings. The second-order valence-corrected chi connectivity index (χ2v) is 6.58. The Balaban J connectivity index is 3.13. The molecule has 0 aliphatic carbocycles. The minimum atomic E-state index is -0.354. The highest BCUT2D eigenvalue weighted by Gasteiger charge is 1.93. The van der Waals surface area contributed by atoms with E-state index in [4.69, 9.17) is 14.9 Å². The summed E-state index contributed by atoms with van der Waals surface area (Å²) in [5.41, 5.74) is 0. The summed E-state index contributed by atoms with van der Waals surface area (Å²) in [6.07, 6.45) is 24.1. The van der Waals surface area contributed by atoms with Crippen LogP contribution in [0.1, 0.15) is 96.8 Å². The molecule has 0 atom stereocenters. The molecule has 142 valence electrons. The summed E-state index contributed by atoms with van der Waals surface area (Å²) < 4.78 is 5.12. The van der Waals surface area contributed by atoms with Crippen molar-refractivity contribution in [3.8, 4) is 0 Å². The van der Waals surface area contributed by atoms with E-state index in [0.717, 1.165) is 6.42 Å². The predicted molar refractivity (Wildman–Crippen MR) is 103 cm³/mol. The second-order valence-electron chi connectivity index (χ2n) is 6.58. The van der Waals surface area contributed by atoms with Crippen LogP contribution in [0.2, 0.25) is 0 Å². The molecule has 3 heteroatoms. The molecule has 0 radical (unpaired) electrons. The average molecular weight is 341 g/mol. The third kappa shape index (κ3) is 19.1. The van der Waals surface area contributed by atoms with Crippen LogP contribution in [-0.2, 0) is 4.74 Å². The van der Waals surface area contributed by atoms with Crippen LogP contribution in [0.25, 0.3) is 0 Å². The largest absolute Gasteiger partial charge is 0.507 e. The zero-order valence-electron chi connectivity index (χ0n) is 15.8. The number of aliphatic hydroxyl groups excluding tert-OH is 2. The number of unbranched alkanes of at least 4 members (excludes halogenated alkanes) is 12. The van der Waals surface area contributed by atoms with Crippen LogP contribution < -0.4 is 0 Å². The van der Waals surface area contributed by atoms with Gasteiger partial charge in [-0.15, -0.1) is 0 Å². The molecule has 0 saturated carbocycles. The van der Waals surface area contributed by atoms with Crippen LogP contribution in [0.15, 0.2) is 24.2 Å². The monoisotopic (exact) mass is 340 g/mol. The first-order valence-electron chi connectivity index (χ1n) is 10.1. The molecule has 0 aromatic carbocycles. The topological polar surface area (TPSA) is 49.7 Å². The van der Waals surface area contributed by atoms with Gasteiger partial charge in [-0.25, -0.2) is 0 Å². The fraction of sp³-hybridized carbons (Fsp3) is 0.810. The van der Waals surface area contributed by atoms with Gasteiger partial charge in [0.15, 0.2) is 5.76 Å². The number of hydrogen-bond acceptors (Lipinski definition) is 3. The predicted octanol–water partition coefficient (Wildman–Crippen LogP) is 6.43. The van der Waals surface area contributed by atoms with E-state index in [2.05, 4.69) is 19.1 Å². The van der Waals surface area contributed by atoms with Crippen LogP contribution in [0.4, 0.5) is 0 Å². The van der Waals surface area contributed by atoms with Crippen LogP contribution in [-0.4, -0.2) is 23.4 Å². The van der Waals surface area contributed by atoms with Crippen LogP contribution in [0.5, 0.6) is 0 Å². The molecule has 0 bridgehead atoms. The van der Waals surface area contributed by atoms with Crippen LogP contribution in [0, 0.1) is 0 Å². The minimum Gasteiger partial charge on any atom is -0.507 e. The molecule has 0 fully saturated rings. The number of ether oxygens (including phenoxy) is 1. The maximum Gasteiger partial charge on any atom is 0.152 e. The number of rotatable bonds is 18. The van der Waals surface area contributed by atoms with E-state index < -0.39 is 0 Å². The van der Waals surface area contributed by atoms with Crippen molar-refractivity contribution in [1.29, 1.82) is 0 Å². The number of hydrogen-bond donors (Lipinski definition) is 2. The third-order valence-corrected chi connectivity index (χ3v) is 4.16. The zero-order chi connectivity index (χ0) is 17.7. The Morgan fingerprint density at radius 2 is 1.25 bits per heavy atom. The van der Waals surface area contributed by atoms with Gasteiger partial charge in [0.2, 0.25) is 0 Å². The molecule has 0 spiro atoms. The first-order chi connectivity index (χ1) is 11.8. The molecule has 0 unspecified atom stereocenters. The normalized spacial score (nSPS) is 12.2. The van der Waals surface area contributed by atoms with E-state index in [0.29, 0.717) is 6.61 Å². The summed E-state index contributed by atoms with van der Waals surface area (Å²) in [4.78, 5) is 0. The van der Waals surface area contributed by atoms with Crippen molar-refractivity contribution in [2.24, 2.45) is 0 Å². The van der Waals surface area contributed by atoms with Gasteiger partial charge in [0.1, 0.15) is 12.9 Å². The summed E-state index contributed by atoms with van der Waals surface area (Å²) in [7, 11) is 0. The van der Waals surface area contributed by atoms with Gasteiger partial charge < -0.3 is 14.9 Å². The molecule has 0 aromatic heterocycles. The number of allylic oxidation sites excluding steroid dienone is 2. The maximum absolute atomic E-state index is 8.97. The Morgan fingerprint density at radius 3 is 1.79 bits per heavy atom. The highest BCUT2D eigenvalue weighted by atomic mass is 16.5.